The van der Waals surface area contributed by atoms with Gasteiger partial charge in [-0.2, -0.15) is 5.10 Å². The van der Waals surface area contributed by atoms with Gasteiger partial charge >= 0.3 is 6.36 Å². The molecule has 2 N–H and O–H groups in total. The molecule has 4 rings (SSSR count). The number of rotatable bonds is 5. The summed E-state index contributed by atoms with van der Waals surface area (Å²) >= 11 is 0. The number of halogens is 3. The summed E-state index contributed by atoms with van der Waals surface area (Å²) in [5.41, 5.74) is 1.27. The van der Waals surface area contributed by atoms with E-state index in [1.807, 2.05) is 0 Å². The van der Waals surface area contributed by atoms with Gasteiger partial charge in [0.15, 0.2) is 11.6 Å². The van der Waals surface area contributed by atoms with E-state index in [2.05, 4.69) is 30.2 Å². The van der Waals surface area contributed by atoms with E-state index >= 15 is 0 Å². The Morgan fingerprint density at radius 1 is 1.07 bits per heavy atom. The van der Waals surface area contributed by atoms with Gasteiger partial charge in [-0.25, -0.2) is 9.97 Å². The topological polar surface area (TPSA) is 88.9 Å². The molecule has 0 bridgehead atoms. The summed E-state index contributed by atoms with van der Waals surface area (Å²) in [6.07, 6.45) is -3.28. The second-order valence-electron chi connectivity index (χ2n) is 6.03. The third-order valence-corrected chi connectivity index (χ3v) is 3.82. The van der Waals surface area contributed by atoms with Crippen LogP contribution in [-0.4, -0.2) is 26.5 Å². The van der Waals surface area contributed by atoms with Crippen molar-refractivity contribution in [2.24, 2.45) is 0 Å². The molecule has 0 fully saturated rings. The van der Waals surface area contributed by atoms with Crippen molar-refractivity contribution in [1.29, 1.82) is 0 Å². The second-order valence-corrected chi connectivity index (χ2v) is 6.03. The van der Waals surface area contributed by atoms with Crippen LogP contribution >= 0.6 is 0 Å². The average molecular weight is 401 g/mol. The molecule has 1 aromatic carbocycles. The third kappa shape index (κ3) is 4.37. The van der Waals surface area contributed by atoms with E-state index in [0.717, 1.165) is 0 Å². The van der Waals surface area contributed by atoms with Gasteiger partial charge in [0.05, 0.1) is 11.8 Å². The van der Waals surface area contributed by atoms with Crippen LogP contribution in [0.15, 0.2) is 59.2 Å². The van der Waals surface area contributed by atoms with Crippen LogP contribution < -0.4 is 10.1 Å². The zero-order valence-electron chi connectivity index (χ0n) is 15.0. The summed E-state index contributed by atoms with van der Waals surface area (Å²) in [6.45, 7) is 1.71. The minimum Gasteiger partial charge on any atom is -0.463 e. The zero-order chi connectivity index (χ0) is 20.4. The molecule has 0 saturated heterocycles. The lowest BCUT2D eigenvalue weighted by Crippen LogP contribution is -2.17. The summed E-state index contributed by atoms with van der Waals surface area (Å²) in [4.78, 5) is 8.56. The van der Waals surface area contributed by atoms with Gasteiger partial charge in [-0.15, -0.1) is 13.2 Å². The first-order valence-electron chi connectivity index (χ1n) is 8.44. The van der Waals surface area contributed by atoms with E-state index in [1.165, 1.54) is 24.5 Å². The normalized spacial score (nSPS) is 11.4. The number of nitrogens with one attached hydrogen (secondary N) is 2. The maximum absolute atomic E-state index is 12.7. The number of hydrogen-bond donors (Lipinski definition) is 2. The maximum Gasteiger partial charge on any atom is 0.573 e. The van der Waals surface area contributed by atoms with Gasteiger partial charge < -0.3 is 14.5 Å². The summed E-state index contributed by atoms with van der Waals surface area (Å²) in [7, 11) is 0. The molecule has 0 atom stereocenters. The number of ether oxygens (including phenoxy) is 1. The van der Waals surface area contributed by atoms with Gasteiger partial charge in [-0.3, -0.25) is 5.10 Å². The van der Waals surface area contributed by atoms with Crippen LogP contribution in [0.1, 0.15) is 5.69 Å². The molecular formula is C19H14F3N5O2. The summed E-state index contributed by atoms with van der Waals surface area (Å²) in [5.74, 6) is 1.22. The number of furan rings is 1. The molecule has 148 valence electrons. The number of nitrogens with zero attached hydrogens (tertiary/aromatic N) is 3. The molecule has 0 amide bonds. The maximum atomic E-state index is 12.7. The van der Waals surface area contributed by atoms with Crippen LogP contribution in [0.5, 0.6) is 5.75 Å². The number of anilines is 2. The van der Waals surface area contributed by atoms with Crippen LogP contribution in [0.4, 0.5) is 24.8 Å². The highest BCUT2D eigenvalue weighted by Crippen LogP contribution is 2.33. The van der Waals surface area contributed by atoms with Crippen LogP contribution in [0.2, 0.25) is 0 Å². The Balaban J connectivity index is 1.64. The highest BCUT2D eigenvalue weighted by atomic mass is 19.4. The first-order chi connectivity index (χ1) is 13.9. The van der Waals surface area contributed by atoms with E-state index in [-0.39, 0.29) is 17.1 Å². The molecule has 0 saturated carbocycles. The van der Waals surface area contributed by atoms with Crippen molar-refractivity contribution in [2.45, 2.75) is 13.3 Å². The van der Waals surface area contributed by atoms with Gasteiger partial charge in [-0.1, -0.05) is 12.1 Å². The predicted octanol–water partition coefficient (Wildman–Crippen LogP) is 5.08. The highest BCUT2D eigenvalue weighted by molar-refractivity contribution is 5.67. The Kier molecular flexibility index (Phi) is 4.67. The number of aryl methyl sites for hydroxylation is 1. The largest absolute Gasteiger partial charge is 0.573 e. The lowest BCUT2D eigenvalue weighted by Gasteiger charge is -2.13. The Bertz CT molecular complexity index is 1120. The van der Waals surface area contributed by atoms with Crippen molar-refractivity contribution < 1.29 is 22.3 Å². The lowest BCUT2D eigenvalue weighted by molar-refractivity contribution is -0.274. The fraction of sp³-hybridized carbons (Fsp3) is 0.105. The van der Waals surface area contributed by atoms with Crippen molar-refractivity contribution in [3.8, 4) is 28.6 Å². The van der Waals surface area contributed by atoms with Crippen LogP contribution in [-0.2, 0) is 0 Å². The van der Waals surface area contributed by atoms with Crippen LogP contribution in [0.3, 0.4) is 0 Å². The molecule has 0 spiro atoms. The second kappa shape index (κ2) is 7.30. The minimum absolute atomic E-state index is 0.0955. The number of hydrogen-bond acceptors (Lipinski definition) is 6. The van der Waals surface area contributed by atoms with Crippen molar-refractivity contribution in [3.05, 3.63) is 60.5 Å². The number of alkyl halides is 3. The molecule has 4 aromatic rings. The van der Waals surface area contributed by atoms with Crippen LogP contribution in [0.25, 0.3) is 22.8 Å². The van der Waals surface area contributed by atoms with Crippen LogP contribution in [0, 0.1) is 6.92 Å². The van der Waals surface area contributed by atoms with Crippen molar-refractivity contribution >= 4 is 11.6 Å². The van der Waals surface area contributed by atoms with E-state index < -0.39 is 6.36 Å². The van der Waals surface area contributed by atoms with E-state index in [9.17, 15) is 13.2 Å². The number of aromatic amines is 1. The minimum atomic E-state index is -4.82. The molecule has 10 heteroatoms. The molecule has 3 aromatic heterocycles. The van der Waals surface area contributed by atoms with Gasteiger partial charge in [0.2, 0.25) is 0 Å². The molecule has 0 aliphatic heterocycles. The molecular weight excluding hydrogens is 387 g/mol. The molecule has 3 heterocycles. The summed E-state index contributed by atoms with van der Waals surface area (Å²) in [6, 6.07) is 12.6. The quantitative estimate of drug-likeness (QED) is 0.485. The molecule has 0 aliphatic rings. The summed E-state index contributed by atoms with van der Waals surface area (Å²) < 4.78 is 47.5. The fourth-order valence-corrected chi connectivity index (χ4v) is 2.69. The Hall–Kier alpha value is -3.82. The number of benzene rings is 1. The zero-order valence-corrected chi connectivity index (χ0v) is 15.0. The predicted molar refractivity (Wildman–Crippen MR) is 98.5 cm³/mol. The van der Waals surface area contributed by atoms with Crippen molar-refractivity contribution in [3.63, 3.8) is 0 Å². The summed E-state index contributed by atoms with van der Waals surface area (Å²) in [5, 5.41) is 9.98. The van der Waals surface area contributed by atoms with Gasteiger partial charge in [0.1, 0.15) is 23.1 Å². The average Bonchev–Trinajstić information content (AvgIpc) is 3.32. The molecule has 0 aliphatic carbocycles. The van der Waals surface area contributed by atoms with Gasteiger partial charge in [0.25, 0.3) is 0 Å². The van der Waals surface area contributed by atoms with Gasteiger partial charge in [0, 0.05) is 17.8 Å². The number of aromatic nitrogens is 4. The smallest absolute Gasteiger partial charge is 0.463 e. The Morgan fingerprint density at radius 2 is 1.90 bits per heavy atom. The lowest BCUT2D eigenvalue weighted by atomic mass is 10.2. The molecule has 0 unspecified atom stereocenters. The third-order valence-electron chi connectivity index (χ3n) is 3.82. The first-order valence-corrected chi connectivity index (χ1v) is 8.44. The molecule has 0 radical (unpaired) electrons. The molecule has 29 heavy (non-hydrogen) atoms. The van der Waals surface area contributed by atoms with E-state index in [1.54, 1.807) is 37.3 Å². The van der Waals surface area contributed by atoms with Crippen molar-refractivity contribution in [1.82, 2.24) is 20.2 Å². The van der Waals surface area contributed by atoms with Gasteiger partial charge in [-0.05, 0) is 31.2 Å². The first kappa shape index (κ1) is 18.5. The van der Waals surface area contributed by atoms with E-state index in [4.69, 9.17) is 4.42 Å². The number of para-hydroxylation sites is 1. The monoisotopic (exact) mass is 401 g/mol. The van der Waals surface area contributed by atoms with E-state index in [0.29, 0.717) is 28.8 Å². The number of H-pyrrole nitrogens is 1. The Labute approximate surface area is 162 Å². The standard InChI is InChI=1S/C19H14F3N5O2/c1-11-9-16(24-17-10-13(26-27-17)15-7-4-8-28-15)25-18(23-11)12-5-2-3-6-14(12)29-19(20,21)22/h2-10H,1H3,(H2,23,24,25,26,27). The Morgan fingerprint density at radius 3 is 2.66 bits per heavy atom. The highest BCUT2D eigenvalue weighted by Gasteiger charge is 2.32. The SMILES string of the molecule is Cc1cc(Nc2cc(-c3ccco3)n[nH]2)nc(-c2ccccc2OC(F)(F)F)n1. The molecule has 7 nitrogen and oxygen atoms in total. The van der Waals surface area contributed by atoms with Crippen molar-refractivity contribution in [2.75, 3.05) is 5.32 Å². The fourth-order valence-electron chi connectivity index (χ4n) is 2.69.